The van der Waals surface area contributed by atoms with Crippen molar-refractivity contribution in [2.45, 2.75) is 37.2 Å². The number of rotatable bonds is 9. The standard InChI is InChI=1S/C32H29ClN4OS/c1-22-11-9-10-16-27(22)31(38)34-28(19-24-12-5-3-6-13-24)30-35-36-32(39-21-25-14-7-4-8-15-25)37(30)29-20-26(33)18-17-23(29)2/h3-18,20,28H,19,21H2,1-2H3,(H,34,38). The van der Waals surface area contributed by atoms with Crippen LogP contribution in [0.15, 0.2) is 108 Å². The highest BCUT2D eigenvalue weighted by molar-refractivity contribution is 7.98. The number of aromatic nitrogens is 3. The van der Waals surface area contributed by atoms with Gasteiger partial charge in [-0.2, -0.15) is 0 Å². The minimum Gasteiger partial charge on any atom is -0.342 e. The summed E-state index contributed by atoms with van der Waals surface area (Å²) in [4.78, 5) is 13.5. The Labute approximate surface area is 238 Å². The first-order valence-electron chi connectivity index (χ1n) is 12.8. The van der Waals surface area contributed by atoms with Gasteiger partial charge in [0, 0.05) is 16.3 Å². The van der Waals surface area contributed by atoms with Crippen molar-refractivity contribution in [2.24, 2.45) is 0 Å². The highest BCUT2D eigenvalue weighted by Crippen LogP contribution is 2.31. The van der Waals surface area contributed by atoms with Crippen molar-refractivity contribution in [3.63, 3.8) is 0 Å². The summed E-state index contributed by atoms with van der Waals surface area (Å²) in [7, 11) is 0. The Balaban J connectivity index is 1.59. The Hall–Kier alpha value is -3.87. The summed E-state index contributed by atoms with van der Waals surface area (Å²) in [6.07, 6.45) is 0.555. The molecule has 5 aromatic rings. The van der Waals surface area contributed by atoms with Gasteiger partial charge in [0.15, 0.2) is 11.0 Å². The number of benzene rings is 4. The molecule has 0 bridgehead atoms. The predicted octanol–water partition coefficient (Wildman–Crippen LogP) is 7.54. The van der Waals surface area contributed by atoms with Gasteiger partial charge in [0.2, 0.25) is 0 Å². The van der Waals surface area contributed by atoms with Gasteiger partial charge < -0.3 is 5.32 Å². The van der Waals surface area contributed by atoms with Crippen LogP contribution in [-0.4, -0.2) is 20.7 Å². The van der Waals surface area contributed by atoms with Crippen LogP contribution < -0.4 is 5.32 Å². The molecule has 0 fully saturated rings. The number of halogens is 1. The summed E-state index contributed by atoms with van der Waals surface area (Å²) in [5, 5.41) is 13.9. The van der Waals surface area contributed by atoms with E-state index in [1.807, 2.05) is 97.3 Å². The minimum absolute atomic E-state index is 0.148. The van der Waals surface area contributed by atoms with Gasteiger partial charge in [-0.15, -0.1) is 10.2 Å². The van der Waals surface area contributed by atoms with Crippen LogP contribution in [-0.2, 0) is 12.2 Å². The summed E-state index contributed by atoms with van der Waals surface area (Å²) >= 11 is 8.08. The molecule has 0 aliphatic rings. The Kier molecular flexibility index (Phi) is 8.45. The van der Waals surface area contributed by atoms with Gasteiger partial charge in [-0.3, -0.25) is 9.36 Å². The van der Waals surface area contributed by atoms with Crippen molar-refractivity contribution < 1.29 is 4.79 Å². The number of thioether (sulfide) groups is 1. The molecule has 5 rings (SSSR count). The molecule has 5 nitrogen and oxygen atoms in total. The molecule has 0 saturated carbocycles. The van der Waals surface area contributed by atoms with E-state index >= 15 is 0 Å². The van der Waals surface area contributed by atoms with Gasteiger partial charge in [-0.05, 0) is 60.7 Å². The summed E-state index contributed by atoms with van der Waals surface area (Å²) in [5.41, 5.74) is 5.75. The molecule has 1 heterocycles. The quantitative estimate of drug-likeness (QED) is 0.192. The number of nitrogens with zero attached hydrogens (tertiary/aromatic N) is 3. The van der Waals surface area contributed by atoms with Crippen molar-refractivity contribution in [3.8, 4) is 5.69 Å². The van der Waals surface area contributed by atoms with Crippen molar-refractivity contribution in [1.82, 2.24) is 20.1 Å². The fraction of sp³-hybridized carbons (Fsp3) is 0.156. The molecule has 1 unspecified atom stereocenters. The minimum atomic E-state index is -0.434. The number of carbonyl (C=O) groups is 1. The summed E-state index contributed by atoms with van der Waals surface area (Å²) < 4.78 is 2.04. The van der Waals surface area contributed by atoms with Crippen LogP contribution in [0.1, 0.15) is 44.5 Å². The third-order valence-electron chi connectivity index (χ3n) is 6.57. The van der Waals surface area contributed by atoms with Gasteiger partial charge in [0.05, 0.1) is 11.7 Å². The van der Waals surface area contributed by atoms with Crippen LogP contribution in [0, 0.1) is 13.8 Å². The molecule has 1 aromatic heterocycles. The molecule has 1 atom stereocenters. The number of hydrogen-bond donors (Lipinski definition) is 1. The maximum absolute atomic E-state index is 13.5. The average Bonchev–Trinajstić information content (AvgIpc) is 3.38. The van der Waals surface area contributed by atoms with Gasteiger partial charge in [0.25, 0.3) is 5.91 Å². The van der Waals surface area contributed by atoms with Crippen molar-refractivity contribution in [1.29, 1.82) is 0 Å². The smallest absolute Gasteiger partial charge is 0.252 e. The van der Waals surface area contributed by atoms with Crippen molar-refractivity contribution in [2.75, 3.05) is 0 Å². The zero-order valence-electron chi connectivity index (χ0n) is 21.8. The molecule has 1 amide bonds. The van der Waals surface area contributed by atoms with E-state index in [2.05, 4.69) is 39.8 Å². The molecule has 0 spiro atoms. The lowest BCUT2D eigenvalue weighted by Crippen LogP contribution is -2.32. The van der Waals surface area contributed by atoms with Crippen molar-refractivity contribution >= 4 is 29.3 Å². The molecule has 196 valence electrons. The first kappa shape index (κ1) is 26.7. The van der Waals surface area contributed by atoms with E-state index in [0.717, 1.165) is 33.3 Å². The van der Waals surface area contributed by atoms with Crippen LogP contribution in [0.2, 0.25) is 5.02 Å². The molecular weight excluding hydrogens is 524 g/mol. The molecule has 7 heteroatoms. The lowest BCUT2D eigenvalue weighted by atomic mass is 10.0. The average molecular weight is 553 g/mol. The molecule has 0 aliphatic carbocycles. The Morgan fingerprint density at radius 3 is 2.23 bits per heavy atom. The summed E-state index contributed by atoms with van der Waals surface area (Å²) in [6, 6.07) is 33.3. The second-order valence-corrected chi connectivity index (χ2v) is 10.8. The second-order valence-electron chi connectivity index (χ2n) is 9.41. The van der Waals surface area contributed by atoms with E-state index in [0.29, 0.717) is 22.8 Å². The van der Waals surface area contributed by atoms with Crippen LogP contribution in [0.25, 0.3) is 5.69 Å². The zero-order chi connectivity index (χ0) is 27.2. The molecule has 39 heavy (non-hydrogen) atoms. The Bertz CT molecular complexity index is 1570. The third-order valence-corrected chi connectivity index (χ3v) is 7.81. The van der Waals surface area contributed by atoms with Gasteiger partial charge in [-0.25, -0.2) is 0 Å². The largest absolute Gasteiger partial charge is 0.342 e. The molecule has 1 N–H and O–H groups in total. The van der Waals surface area contributed by atoms with E-state index in [9.17, 15) is 4.79 Å². The topological polar surface area (TPSA) is 59.8 Å². The molecule has 0 saturated heterocycles. The van der Waals surface area contributed by atoms with Crippen LogP contribution in [0.3, 0.4) is 0 Å². The second kappa shape index (κ2) is 12.3. The fourth-order valence-electron chi connectivity index (χ4n) is 4.49. The van der Waals surface area contributed by atoms with Crippen LogP contribution in [0.4, 0.5) is 0 Å². The highest BCUT2D eigenvalue weighted by Gasteiger charge is 2.26. The predicted molar refractivity (Wildman–Crippen MR) is 159 cm³/mol. The van der Waals surface area contributed by atoms with E-state index < -0.39 is 6.04 Å². The van der Waals surface area contributed by atoms with Crippen LogP contribution >= 0.6 is 23.4 Å². The van der Waals surface area contributed by atoms with E-state index in [-0.39, 0.29) is 5.91 Å². The first-order chi connectivity index (χ1) is 19.0. The lowest BCUT2D eigenvalue weighted by molar-refractivity contribution is 0.0933. The summed E-state index contributed by atoms with van der Waals surface area (Å²) in [5.74, 6) is 1.24. The maximum atomic E-state index is 13.5. The van der Waals surface area contributed by atoms with E-state index in [1.165, 1.54) is 5.56 Å². The van der Waals surface area contributed by atoms with Crippen LogP contribution in [0.5, 0.6) is 0 Å². The molecule has 0 radical (unpaired) electrons. The maximum Gasteiger partial charge on any atom is 0.252 e. The molecule has 4 aromatic carbocycles. The highest BCUT2D eigenvalue weighted by atomic mass is 35.5. The zero-order valence-corrected chi connectivity index (χ0v) is 23.4. The van der Waals surface area contributed by atoms with Gasteiger partial charge in [0.1, 0.15) is 0 Å². The monoisotopic (exact) mass is 552 g/mol. The third kappa shape index (κ3) is 6.41. The Morgan fingerprint density at radius 2 is 1.51 bits per heavy atom. The number of carbonyl (C=O) groups excluding carboxylic acids is 1. The lowest BCUT2D eigenvalue weighted by Gasteiger charge is -2.21. The number of nitrogens with one attached hydrogen (secondary N) is 1. The van der Waals surface area contributed by atoms with E-state index in [4.69, 9.17) is 11.6 Å². The normalized spacial score (nSPS) is 11.8. The first-order valence-corrected chi connectivity index (χ1v) is 14.1. The van der Waals surface area contributed by atoms with E-state index in [1.54, 1.807) is 11.8 Å². The Morgan fingerprint density at radius 1 is 0.846 bits per heavy atom. The number of amides is 1. The van der Waals surface area contributed by atoms with Crippen molar-refractivity contribution in [3.05, 3.63) is 142 Å². The SMILES string of the molecule is Cc1ccccc1C(=O)NC(Cc1ccccc1)c1nnc(SCc2ccccc2)n1-c1cc(Cl)ccc1C. The molecule has 0 aliphatic heterocycles. The van der Waals surface area contributed by atoms with Gasteiger partial charge >= 0.3 is 0 Å². The molecular formula is C32H29ClN4OS. The van der Waals surface area contributed by atoms with Gasteiger partial charge in [-0.1, -0.05) is 108 Å². The number of hydrogen-bond acceptors (Lipinski definition) is 4. The fourth-order valence-corrected chi connectivity index (χ4v) is 5.57. The number of aryl methyl sites for hydroxylation is 2. The summed E-state index contributed by atoms with van der Waals surface area (Å²) in [6.45, 7) is 3.98.